The van der Waals surface area contributed by atoms with Crippen molar-refractivity contribution in [3.8, 4) is 0 Å². The molecule has 1 heterocycles. The van der Waals surface area contributed by atoms with E-state index in [1.807, 2.05) is 0 Å². The van der Waals surface area contributed by atoms with E-state index in [9.17, 15) is 0 Å². The molecule has 1 aliphatic rings. The Morgan fingerprint density at radius 3 is 2.83 bits per heavy atom. The fraction of sp³-hybridized carbons (Fsp3) is 0.600. The SMILES string of the molecule is CCNC(C)c1ccc(N2CCCC2C)c(Br)c1. The summed E-state index contributed by atoms with van der Waals surface area (Å²) in [5.41, 5.74) is 2.69. The van der Waals surface area contributed by atoms with E-state index in [1.54, 1.807) is 0 Å². The Morgan fingerprint density at radius 2 is 2.28 bits per heavy atom. The maximum Gasteiger partial charge on any atom is 0.0513 e. The van der Waals surface area contributed by atoms with Gasteiger partial charge in [-0.25, -0.2) is 0 Å². The average molecular weight is 311 g/mol. The summed E-state index contributed by atoms with van der Waals surface area (Å²) in [5.74, 6) is 0. The lowest BCUT2D eigenvalue weighted by atomic mass is 10.1. The topological polar surface area (TPSA) is 15.3 Å². The van der Waals surface area contributed by atoms with Crippen LogP contribution in [-0.2, 0) is 0 Å². The van der Waals surface area contributed by atoms with E-state index in [0.717, 1.165) is 6.54 Å². The third-order valence-corrected chi connectivity index (χ3v) is 4.48. The van der Waals surface area contributed by atoms with Crippen molar-refractivity contribution >= 4 is 21.6 Å². The molecule has 1 fully saturated rings. The van der Waals surface area contributed by atoms with Crippen LogP contribution < -0.4 is 10.2 Å². The highest BCUT2D eigenvalue weighted by atomic mass is 79.9. The smallest absolute Gasteiger partial charge is 0.0513 e. The minimum Gasteiger partial charge on any atom is -0.368 e. The highest BCUT2D eigenvalue weighted by molar-refractivity contribution is 9.10. The molecular formula is C15H23BrN2. The van der Waals surface area contributed by atoms with E-state index in [0.29, 0.717) is 12.1 Å². The molecule has 2 atom stereocenters. The quantitative estimate of drug-likeness (QED) is 0.900. The van der Waals surface area contributed by atoms with Crippen molar-refractivity contribution in [2.75, 3.05) is 18.0 Å². The lowest BCUT2D eigenvalue weighted by Gasteiger charge is -2.26. The molecule has 1 saturated heterocycles. The monoisotopic (exact) mass is 310 g/mol. The van der Waals surface area contributed by atoms with Gasteiger partial charge in [-0.2, -0.15) is 0 Å². The average Bonchev–Trinajstić information content (AvgIpc) is 2.75. The van der Waals surface area contributed by atoms with Gasteiger partial charge in [0.25, 0.3) is 0 Å². The van der Waals surface area contributed by atoms with E-state index in [1.165, 1.54) is 35.1 Å². The summed E-state index contributed by atoms with van der Waals surface area (Å²) < 4.78 is 1.22. The first kappa shape index (κ1) is 13.9. The zero-order valence-corrected chi connectivity index (χ0v) is 13.1. The minimum atomic E-state index is 0.413. The summed E-state index contributed by atoms with van der Waals surface area (Å²) in [6.07, 6.45) is 2.62. The summed E-state index contributed by atoms with van der Waals surface area (Å²) in [7, 11) is 0. The van der Waals surface area contributed by atoms with Crippen LogP contribution in [0.5, 0.6) is 0 Å². The molecule has 1 aromatic rings. The molecule has 1 aromatic carbocycles. The van der Waals surface area contributed by atoms with Gasteiger partial charge in [0.2, 0.25) is 0 Å². The van der Waals surface area contributed by atoms with Gasteiger partial charge in [0.15, 0.2) is 0 Å². The van der Waals surface area contributed by atoms with Crippen LogP contribution in [0.15, 0.2) is 22.7 Å². The van der Waals surface area contributed by atoms with Crippen molar-refractivity contribution in [3.05, 3.63) is 28.2 Å². The molecule has 0 bridgehead atoms. The summed E-state index contributed by atoms with van der Waals surface area (Å²) in [5, 5.41) is 3.45. The molecule has 2 nitrogen and oxygen atoms in total. The fourth-order valence-corrected chi connectivity index (χ4v) is 3.36. The number of nitrogens with one attached hydrogen (secondary N) is 1. The molecule has 18 heavy (non-hydrogen) atoms. The zero-order chi connectivity index (χ0) is 13.1. The fourth-order valence-electron chi connectivity index (χ4n) is 2.74. The predicted molar refractivity (Wildman–Crippen MR) is 82.3 cm³/mol. The number of nitrogens with zero attached hydrogens (tertiary/aromatic N) is 1. The summed E-state index contributed by atoms with van der Waals surface area (Å²) in [6, 6.07) is 7.84. The summed E-state index contributed by atoms with van der Waals surface area (Å²) >= 11 is 3.73. The second kappa shape index (κ2) is 6.07. The van der Waals surface area contributed by atoms with Gasteiger partial charge >= 0.3 is 0 Å². The van der Waals surface area contributed by atoms with Gasteiger partial charge in [0.1, 0.15) is 0 Å². The molecular weight excluding hydrogens is 288 g/mol. The lowest BCUT2D eigenvalue weighted by Crippen LogP contribution is -2.26. The first-order chi connectivity index (χ1) is 8.63. The summed E-state index contributed by atoms with van der Waals surface area (Å²) in [4.78, 5) is 2.51. The van der Waals surface area contributed by atoms with E-state index < -0.39 is 0 Å². The molecule has 100 valence electrons. The molecule has 3 heteroatoms. The van der Waals surface area contributed by atoms with Gasteiger partial charge < -0.3 is 10.2 Å². The van der Waals surface area contributed by atoms with Gasteiger partial charge in [-0.05, 0) is 66.9 Å². The molecule has 0 spiro atoms. The van der Waals surface area contributed by atoms with E-state index in [4.69, 9.17) is 0 Å². The molecule has 0 amide bonds. The van der Waals surface area contributed by atoms with Crippen LogP contribution in [0.25, 0.3) is 0 Å². The van der Waals surface area contributed by atoms with Gasteiger partial charge in [0.05, 0.1) is 5.69 Å². The molecule has 1 N–H and O–H groups in total. The van der Waals surface area contributed by atoms with Crippen LogP contribution in [0.1, 0.15) is 45.2 Å². The number of hydrogen-bond donors (Lipinski definition) is 1. The zero-order valence-electron chi connectivity index (χ0n) is 11.5. The highest BCUT2D eigenvalue weighted by Gasteiger charge is 2.22. The van der Waals surface area contributed by atoms with Crippen LogP contribution in [-0.4, -0.2) is 19.1 Å². The van der Waals surface area contributed by atoms with Gasteiger partial charge in [0, 0.05) is 23.1 Å². The maximum absolute atomic E-state index is 3.73. The normalized spacial score (nSPS) is 21.3. The largest absolute Gasteiger partial charge is 0.368 e. The Kier molecular flexibility index (Phi) is 4.68. The predicted octanol–water partition coefficient (Wildman–Crippen LogP) is 4.11. The lowest BCUT2D eigenvalue weighted by molar-refractivity contribution is 0.598. The second-order valence-electron chi connectivity index (χ2n) is 5.17. The Morgan fingerprint density at radius 1 is 1.50 bits per heavy atom. The van der Waals surface area contributed by atoms with E-state index in [2.05, 4.69) is 65.1 Å². The molecule has 0 aliphatic carbocycles. The first-order valence-corrected chi connectivity index (χ1v) is 7.72. The summed E-state index contributed by atoms with van der Waals surface area (Å²) in [6.45, 7) is 8.86. The minimum absolute atomic E-state index is 0.413. The maximum atomic E-state index is 3.73. The number of halogens is 1. The number of hydrogen-bond acceptors (Lipinski definition) is 2. The van der Waals surface area contributed by atoms with Gasteiger partial charge in [-0.3, -0.25) is 0 Å². The third-order valence-electron chi connectivity index (χ3n) is 3.84. The molecule has 0 saturated carbocycles. The molecule has 2 unspecified atom stereocenters. The molecule has 1 aliphatic heterocycles. The molecule has 0 radical (unpaired) electrons. The third kappa shape index (κ3) is 2.89. The standard InChI is InChI=1S/C15H23BrN2/c1-4-17-12(3)13-7-8-15(14(16)10-13)18-9-5-6-11(18)2/h7-8,10-12,17H,4-6,9H2,1-3H3. The van der Waals surface area contributed by atoms with Crippen molar-refractivity contribution in [1.82, 2.24) is 5.32 Å². The van der Waals surface area contributed by atoms with Gasteiger partial charge in [-0.15, -0.1) is 0 Å². The van der Waals surface area contributed by atoms with E-state index in [-0.39, 0.29) is 0 Å². The number of anilines is 1. The number of rotatable bonds is 4. The molecule has 2 rings (SSSR count). The van der Waals surface area contributed by atoms with Crippen LogP contribution in [0.4, 0.5) is 5.69 Å². The van der Waals surface area contributed by atoms with Crippen LogP contribution in [0.3, 0.4) is 0 Å². The van der Waals surface area contributed by atoms with Crippen LogP contribution in [0.2, 0.25) is 0 Å². The van der Waals surface area contributed by atoms with Crippen molar-refractivity contribution < 1.29 is 0 Å². The molecule has 0 aromatic heterocycles. The van der Waals surface area contributed by atoms with Gasteiger partial charge in [-0.1, -0.05) is 13.0 Å². The van der Waals surface area contributed by atoms with Crippen LogP contribution in [0, 0.1) is 0 Å². The Labute approximate surface area is 119 Å². The van der Waals surface area contributed by atoms with E-state index >= 15 is 0 Å². The highest BCUT2D eigenvalue weighted by Crippen LogP contribution is 2.33. The Hall–Kier alpha value is -0.540. The Bertz CT molecular complexity index is 405. The van der Waals surface area contributed by atoms with Crippen molar-refractivity contribution in [2.45, 2.75) is 45.7 Å². The number of benzene rings is 1. The van der Waals surface area contributed by atoms with Crippen molar-refractivity contribution in [2.24, 2.45) is 0 Å². The Balaban J connectivity index is 2.19. The second-order valence-corrected chi connectivity index (χ2v) is 6.03. The van der Waals surface area contributed by atoms with Crippen molar-refractivity contribution in [3.63, 3.8) is 0 Å². The first-order valence-electron chi connectivity index (χ1n) is 6.93. The van der Waals surface area contributed by atoms with Crippen molar-refractivity contribution in [1.29, 1.82) is 0 Å². The van der Waals surface area contributed by atoms with Crippen LogP contribution >= 0.6 is 15.9 Å².